The highest BCUT2D eigenvalue weighted by molar-refractivity contribution is 6.21. The molecule has 0 unspecified atom stereocenters. The molecule has 118 valence electrons. The van der Waals surface area contributed by atoms with E-state index < -0.39 is 0 Å². The quantitative estimate of drug-likeness (QED) is 0.875. The van der Waals surface area contributed by atoms with E-state index in [2.05, 4.69) is 5.32 Å². The largest absolute Gasteiger partial charge is 0.326 e. The van der Waals surface area contributed by atoms with Gasteiger partial charge >= 0.3 is 0 Å². The second-order valence-corrected chi connectivity index (χ2v) is 5.29. The SMILES string of the molecule is N#Cc1ccc(NC(=O)CCN2C(=O)c3ccccc3C2=O)cc1. The Kier molecular flexibility index (Phi) is 4.08. The van der Waals surface area contributed by atoms with Crippen molar-refractivity contribution < 1.29 is 14.4 Å². The Labute approximate surface area is 138 Å². The molecule has 6 heteroatoms. The van der Waals surface area contributed by atoms with Crippen LogP contribution in [0, 0.1) is 11.3 Å². The molecular weight excluding hydrogens is 306 g/mol. The van der Waals surface area contributed by atoms with Crippen LogP contribution in [0.25, 0.3) is 0 Å². The van der Waals surface area contributed by atoms with E-state index in [0.29, 0.717) is 22.4 Å². The van der Waals surface area contributed by atoms with Crippen LogP contribution in [0.5, 0.6) is 0 Å². The number of fused-ring (bicyclic) bond motifs is 1. The van der Waals surface area contributed by atoms with E-state index in [-0.39, 0.29) is 30.7 Å². The second-order valence-electron chi connectivity index (χ2n) is 5.29. The maximum absolute atomic E-state index is 12.2. The number of carbonyl (C=O) groups is 3. The molecule has 1 N–H and O–H groups in total. The van der Waals surface area contributed by atoms with Crippen LogP contribution >= 0.6 is 0 Å². The Balaban J connectivity index is 1.60. The number of amides is 3. The lowest BCUT2D eigenvalue weighted by atomic mass is 10.1. The first-order valence-electron chi connectivity index (χ1n) is 7.35. The molecule has 24 heavy (non-hydrogen) atoms. The monoisotopic (exact) mass is 319 g/mol. The zero-order valence-electron chi connectivity index (χ0n) is 12.7. The fourth-order valence-electron chi connectivity index (χ4n) is 2.51. The molecule has 0 fully saturated rings. The number of nitrogens with one attached hydrogen (secondary N) is 1. The van der Waals surface area contributed by atoms with Gasteiger partial charge in [0.1, 0.15) is 0 Å². The Morgan fingerprint density at radius 3 is 2.12 bits per heavy atom. The Hall–Kier alpha value is -3.46. The highest BCUT2D eigenvalue weighted by Crippen LogP contribution is 2.22. The maximum atomic E-state index is 12.2. The van der Waals surface area contributed by atoms with E-state index in [1.54, 1.807) is 48.5 Å². The summed E-state index contributed by atoms with van der Waals surface area (Å²) >= 11 is 0. The van der Waals surface area contributed by atoms with Crippen molar-refractivity contribution in [2.24, 2.45) is 0 Å². The third-order valence-electron chi connectivity index (χ3n) is 3.74. The Morgan fingerprint density at radius 2 is 1.58 bits per heavy atom. The van der Waals surface area contributed by atoms with Crippen molar-refractivity contribution in [1.82, 2.24) is 4.90 Å². The van der Waals surface area contributed by atoms with Crippen LogP contribution in [0.4, 0.5) is 5.69 Å². The first-order chi connectivity index (χ1) is 11.6. The molecule has 1 aliphatic heterocycles. The van der Waals surface area contributed by atoms with Crippen LogP contribution in [0.15, 0.2) is 48.5 Å². The van der Waals surface area contributed by atoms with Gasteiger partial charge in [0.25, 0.3) is 11.8 Å². The minimum Gasteiger partial charge on any atom is -0.326 e. The minimum atomic E-state index is -0.373. The fraction of sp³-hybridized carbons (Fsp3) is 0.111. The van der Waals surface area contributed by atoms with Gasteiger partial charge in [-0.3, -0.25) is 19.3 Å². The summed E-state index contributed by atoms with van der Waals surface area (Å²) in [7, 11) is 0. The van der Waals surface area contributed by atoms with Crippen molar-refractivity contribution in [2.75, 3.05) is 11.9 Å². The van der Waals surface area contributed by atoms with Gasteiger partial charge in [0, 0.05) is 18.7 Å². The second kappa shape index (κ2) is 6.34. The topological polar surface area (TPSA) is 90.3 Å². The lowest BCUT2D eigenvalue weighted by Crippen LogP contribution is -2.32. The van der Waals surface area contributed by atoms with Crippen LogP contribution in [-0.4, -0.2) is 29.2 Å². The highest BCUT2D eigenvalue weighted by atomic mass is 16.2. The summed E-state index contributed by atoms with van der Waals surface area (Å²) in [5, 5.41) is 11.4. The van der Waals surface area contributed by atoms with Crippen LogP contribution in [0.2, 0.25) is 0 Å². The summed E-state index contributed by atoms with van der Waals surface area (Å²) in [6, 6.07) is 15.0. The Morgan fingerprint density at radius 1 is 1.00 bits per heavy atom. The number of rotatable bonds is 4. The predicted molar refractivity (Wildman–Crippen MR) is 86.2 cm³/mol. The van der Waals surface area contributed by atoms with Gasteiger partial charge in [-0.2, -0.15) is 5.26 Å². The van der Waals surface area contributed by atoms with E-state index in [4.69, 9.17) is 5.26 Å². The fourth-order valence-corrected chi connectivity index (χ4v) is 2.51. The first kappa shape index (κ1) is 15.4. The van der Waals surface area contributed by atoms with Gasteiger partial charge in [0.2, 0.25) is 5.91 Å². The summed E-state index contributed by atoms with van der Waals surface area (Å²) in [6.45, 7) is 0.0223. The molecule has 6 nitrogen and oxygen atoms in total. The predicted octanol–water partition coefficient (Wildman–Crippen LogP) is 2.18. The standard InChI is InChI=1S/C18H13N3O3/c19-11-12-5-7-13(8-6-12)20-16(22)9-10-21-17(23)14-3-1-2-4-15(14)18(21)24/h1-8H,9-10H2,(H,20,22). The van der Waals surface area contributed by atoms with Crippen molar-refractivity contribution in [3.8, 4) is 6.07 Å². The summed E-state index contributed by atoms with van der Waals surface area (Å²) in [5.74, 6) is -1.06. The van der Waals surface area contributed by atoms with Gasteiger partial charge in [-0.1, -0.05) is 12.1 Å². The summed E-state index contributed by atoms with van der Waals surface area (Å²) in [6.07, 6.45) is 0.00543. The number of benzene rings is 2. The molecule has 0 saturated carbocycles. The van der Waals surface area contributed by atoms with Gasteiger partial charge in [0.15, 0.2) is 0 Å². The molecule has 0 bridgehead atoms. The molecule has 3 rings (SSSR count). The van der Waals surface area contributed by atoms with Crippen molar-refractivity contribution in [1.29, 1.82) is 5.26 Å². The number of carbonyl (C=O) groups excluding carboxylic acids is 3. The van der Waals surface area contributed by atoms with Crippen molar-refractivity contribution in [3.63, 3.8) is 0 Å². The zero-order chi connectivity index (χ0) is 17.1. The van der Waals surface area contributed by atoms with Gasteiger partial charge in [0.05, 0.1) is 22.8 Å². The van der Waals surface area contributed by atoms with Crippen LogP contribution in [0.1, 0.15) is 32.7 Å². The molecule has 1 heterocycles. The lowest BCUT2D eigenvalue weighted by Gasteiger charge is -2.13. The number of anilines is 1. The molecule has 2 aromatic carbocycles. The van der Waals surface area contributed by atoms with E-state index >= 15 is 0 Å². The van der Waals surface area contributed by atoms with Gasteiger partial charge in [-0.25, -0.2) is 0 Å². The zero-order valence-corrected chi connectivity index (χ0v) is 12.7. The first-order valence-corrected chi connectivity index (χ1v) is 7.35. The molecule has 0 saturated heterocycles. The molecule has 0 radical (unpaired) electrons. The van der Waals surface area contributed by atoms with Gasteiger partial charge in [-0.05, 0) is 36.4 Å². The van der Waals surface area contributed by atoms with Crippen LogP contribution in [-0.2, 0) is 4.79 Å². The van der Waals surface area contributed by atoms with E-state index in [0.717, 1.165) is 4.90 Å². The molecule has 0 spiro atoms. The summed E-state index contributed by atoms with van der Waals surface area (Å²) in [5.41, 5.74) is 1.80. The molecule has 3 amide bonds. The molecule has 2 aromatic rings. The lowest BCUT2D eigenvalue weighted by molar-refractivity contribution is -0.116. The van der Waals surface area contributed by atoms with Gasteiger partial charge < -0.3 is 5.32 Å². The number of hydrogen-bond acceptors (Lipinski definition) is 4. The third kappa shape index (κ3) is 2.88. The van der Waals surface area contributed by atoms with Gasteiger partial charge in [-0.15, -0.1) is 0 Å². The van der Waals surface area contributed by atoms with E-state index in [1.165, 1.54) is 0 Å². The molecular formula is C18H13N3O3. The number of imide groups is 1. The van der Waals surface area contributed by atoms with E-state index in [9.17, 15) is 14.4 Å². The molecule has 0 atom stereocenters. The minimum absolute atomic E-state index is 0.00543. The smallest absolute Gasteiger partial charge is 0.261 e. The summed E-state index contributed by atoms with van der Waals surface area (Å²) in [4.78, 5) is 37.5. The molecule has 0 aliphatic carbocycles. The van der Waals surface area contributed by atoms with Crippen LogP contribution in [0.3, 0.4) is 0 Å². The maximum Gasteiger partial charge on any atom is 0.261 e. The number of nitriles is 1. The van der Waals surface area contributed by atoms with Crippen LogP contribution < -0.4 is 5.32 Å². The molecule has 1 aliphatic rings. The van der Waals surface area contributed by atoms with E-state index in [1.807, 2.05) is 6.07 Å². The molecule has 0 aromatic heterocycles. The average Bonchev–Trinajstić information content (AvgIpc) is 2.85. The Bertz CT molecular complexity index is 831. The van der Waals surface area contributed by atoms with Crippen molar-refractivity contribution >= 4 is 23.4 Å². The summed E-state index contributed by atoms with van der Waals surface area (Å²) < 4.78 is 0. The average molecular weight is 319 g/mol. The number of nitrogens with zero attached hydrogens (tertiary/aromatic N) is 2. The normalized spacial score (nSPS) is 12.7. The van der Waals surface area contributed by atoms with Crippen molar-refractivity contribution in [3.05, 3.63) is 65.2 Å². The third-order valence-corrected chi connectivity index (χ3v) is 3.74. The highest BCUT2D eigenvalue weighted by Gasteiger charge is 2.34. The van der Waals surface area contributed by atoms with Crippen molar-refractivity contribution in [2.45, 2.75) is 6.42 Å². The number of hydrogen-bond donors (Lipinski definition) is 1.